The van der Waals surface area contributed by atoms with Gasteiger partial charge in [-0.3, -0.25) is 9.10 Å². The highest BCUT2D eigenvalue weighted by atomic mass is 32.2. The first kappa shape index (κ1) is 20.7. The summed E-state index contributed by atoms with van der Waals surface area (Å²) in [6.07, 6.45) is -2.17. The molecule has 0 atom stereocenters. The van der Waals surface area contributed by atoms with Crippen LogP contribution in [0.5, 0.6) is 5.75 Å². The molecule has 1 aromatic heterocycles. The predicted octanol–water partition coefficient (Wildman–Crippen LogP) is 3.80. The van der Waals surface area contributed by atoms with Gasteiger partial charge >= 0.3 is 6.18 Å². The van der Waals surface area contributed by atoms with Crippen molar-refractivity contribution in [2.24, 2.45) is 0 Å². The fourth-order valence-electron chi connectivity index (χ4n) is 2.60. The Morgan fingerprint density at radius 2 is 1.76 bits per heavy atom. The van der Waals surface area contributed by atoms with E-state index in [-0.39, 0.29) is 27.7 Å². The summed E-state index contributed by atoms with van der Waals surface area (Å²) in [4.78, 5) is 12.8. The molecule has 154 valence electrons. The number of halogens is 3. The van der Waals surface area contributed by atoms with Crippen molar-refractivity contribution in [2.75, 3.05) is 24.2 Å². The van der Waals surface area contributed by atoms with Crippen LogP contribution in [0.15, 0.2) is 57.9 Å². The Balaban J connectivity index is 1.93. The zero-order valence-corrected chi connectivity index (χ0v) is 16.2. The van der Waals surface area contributed by atoms with Crippen molar-refractivity contribution in [3.05, 3.63) is 59.0 Å². The first-order valence-corrected chi connectivity index (χ1v) is 10.1. The Kier molecular flexibility index (Phi) is 5.31. The molecule has 0 aliphatic rings. The lowest BCUT2D eigenvalue weighted by Crippen LogP contribution is -2.24. The van der Waals surface area contributed by atoms with Gasteiger partial charge in [0.1, 0.15) is 17.6 Å². The normalized spacial score (nSPS) is 12.2. The van der Waals surface area contributed by atoms with Gasteiger partial charge in [0.2, 0.25) is 10.0 Å². The molecule has 0 spiro atoms. The minimum Gasteiger partial charge on any atom is -0.484 e. The van der Waals surface area contributed by atoms with Crippen molar-refractivity contribution < 1.29 is 30.7 Å². The molecule has 0 saturated carbocycles. The number of anilines is 1. The summed E-state index contributed by atoms with van der Waals surface area (Å²) in [6.45, 7) is -1.41. The molecule has 0 aliphatic heterocycles. The Morgan fingerprint density at radius 3 is 2.34 bits per heavy atom. The summed E-state index contributed by atoms with van der Waals surface area (Å²) in [5, 5.41) is 0.241. The highest BCUT2D eigenvalue weighted by Crippen LogP contribution is 2.26. The van der Waals surface area contributed by atoms with Gasteiger partial charge in [0.05, 0.1) is 22.9 Å². The summed E-state index contributed by atoms with van der Waals surface area (Å²) < 4.78 is 71.2. The molecule has 0 radical (unpaired) electrons. The van der Waals surface area contributed by atoms with Gasteiger partial charge in [-0.25, -0.2) is 8.42 Å². The van der Waals surface area contributed by atoms with Gasteiger partial charge in [-0.2, -0.15) is 13.2 Å². The quantitative estimate of drug-likeness (QED) is 0.619. The first-order valence-electron chi connectivity index (χ1n) is 8.25. The van der Waals surface area contributed by atoms with Crippen molar-refractivity contribution in [3.8, 4) is 16.9 Å². The number of benzene rings is 2. The standard InChI is InChI=1S/C19H16F3NO5S/c1-23(29(2,25)26)13-5-8-15-17(9-13)27-10-16(18(15)24)12-3-6-14(7-4-12)28-11-19(20,21)22/h3-10H,11H2,1-2H3. The summed E-state index contributed by atoms with van der Waals surface area (Å²) in [6, 6.07) is 9.95. The van der Waals surface area contributed by atoms with E-state index < -0.39 is 22.8 Å². The van der Waals surface area contributed by atoms with Crippen molar-refractivity contribution in [1.29, 1.82) is 0 Å². The number of sulfonamides is 1. The van der Waals surface area contributed by atoms with Gasteiger partial charge in [0.25, 0.3) is 0 Å². The molecule has 0 unspecified atom stereocenters. The Bertz CT molecular complexity index is 1200. The molecule has 3 aromatic rings. The van der Waals surface area contributed by atoms with Gasteiger partial charge < -0.3 is 9.15 Å². The minimum atomic E-state index is -4.44. The molecule has 10 heteroatoms. The highest BCUT2D eigenvalue weighted by molar-refractivity contribution is 7.92. The van der Waals surface area contributed by atoms with E-state index in [1.807, 2.05) is 0 Å². The van der Waals surface area contributed by atoms with E-state index in [1.54, 1.807) is 0 Å². The van der Waals surface area contributed by atoms with Crippen LogP contribution in [0, 0.1) is 0 Å². The SMILES string of the molecule is CN(c1ccc2c(=O)c(-c3ccc(OCC(F)(F)F)cc3)coc2c1)S(C)(=O)=O. The van der Waals surface area contributed by atoms with Crippen LogP contribution in [-0.4, -0.2) is 34.5 Å². The molecule has 0 saturated heterocycles. The molecule has 1 heterocycles. The monoisotopic (exact) mass is 427 g/mol. The maximum absolute atomic E-state index is 12.8. The lowest BCUT2D eigenvalue weighted by atomic mass is 10.1. The first-order chi connectivity index (χ1) is 13.5. The fraction of sp³-hybridized carbons (Fsp3) is 0.211. The number of ether oxygens (including phenoxy) is 1. The van der Waals surface area contributed by atoms with Gasteiger partial charge in [-0.1, -0.05) is 12.1 Å². The van der Waals surface area contributed by atoms with E-state index >= 15 is 0 Å². The Hall–Kier alpha value is -3.01. The molecule has 2 aromatic carbocycles. The number of nitrogens with zero attached hydrogens (tertiary/aromatic N) is 1. The molecule has 6 nitrogen and oxygen atoms in total. The average molecular weight is 427 g/mol. The maximum Gasteiger partial charge on any atom is 0.422 e. The second-order valence-electron chi connectivity index (χ2n) is 6.32. The van der Waals surface area contributed by atoms with E-state index in [1.165, 1.54) is 55.8 Å². The molecule has 29 heavy (non-hydrogen) atoms. The van der Waals surface area contributed by atoms with Gasteiger partial charge in [0, 0.05) is 13.1 Å². The molecule has 0 amide bonds. The Morgan fingerprint density at radius 1 is 1.10 bits per heavy atom. The smallest absolute Gasteiger partial charge is 0.422 e. The predicted molar refractivity (Wildman–Crippen MR) is 103 cm³/mol. The summed E-state index contributed by atoms with van der Waals surface area (Å²) in [5.74, 6) is 0.0182. The summed E-state index contributed by atoms with van der Waals surface area (Å²) >= 11 is 0. The molecule has 0 fully saturated rings. The van der Waals surface area contributed by atoms with E-state index in [0.29, 0.717) is 11.3 Å². The van der Waals surface area contributed by atoms with E-state index in [2.05, 4.69) is 4.74 Å². The zero-order chi connectivity index (χ0) is 21.4. The van der Waals surface area contributed by atoms with Crippen LogP contribution >= 0.6 is 0 Å². The average Bonchev–Trinajstić information content (AvgIpc) is 2.65. The number of alkyl halides is 3. The van der Waals surface area contributed by atoms with Gasteiger partial charge in [-0.05, 0) is 29.8 Å². The van der Waals surface area contributed by atoms with Crippen LogP contribution in [0.4, 0.5) is 18.9 Å². The zero-order valence-electron chi connectivity index (χ0n) is 15.4. The minimum absolute atomic E-state index is 0.0182. The third kappa shape index (κ3) is 4.70. The summed E-state index contributed by atoms with van der Waals surface area (Å²) in [7, 11) is -2.09. The van der Waals surface area contributed by atoms with Crippen molar-refractivity contribution in [2.45, 2.75) is 6.18 Å². The van der Waals surface area contributed by atoms with Crippen molar-refractivity contribution in [3.63, 3.8) is 0 Å². The van der Waals surface area contributed by atoms with E-state index in [4.69, 9.17) is 4.42 Å². The Labute approximate surface area is 164 Å². The van der Waals surface area contributed by atoms with Crippen molar-refractivity contribution in [1.82, 2.24) is 0 Å². The third-order valence-corrected chi connectivity index (χ3v) is 5.39. The van der Waals surface area contributed by atoms with Crippen LogP contribution in [0.25, 0.3) is 22.1 Å². The van der Waals surface area contributed by atoms with E-state index in [9.17, 15) is 26.4 Å². The second-order valence-corrected chi connectivity index (χ2v) is 8.33. The van der Waals surface area contributed by atoms with Crippen LogP contribution in [0.2, 0.25) is 0 Å². The van der Waals surface area contributed by atoms with Crippen molar-refractivity contribution >= 4 is 26.7 Å². The maximum atomic E-state index is 12.8. The third-order valence-electron chi connectivity index (χ3n) is 4.19. The lowest BCUT2D eigenvalue weighted by Gasteiger charge is -2.16. The van der Waals surface area contributed by atoms with Gasteiger partial charge in [-0.15, -0.1) is 0 Å². The fourth-order valence-corrected chi connectivity index (χ4v) is 3.10. The lowest BCUT2D eigenvalue weighted by molar-refractivity contribution is -0.153. The highest BCUT2D eigenvalue weighted by Gasteiger charge is 2.28. The molecular formula is C19H16F3NO5S. The molecule has 0 aliphatic carbocycles. The number of hydrogen-bond acceptors (Lipinski definition) is 5. The van der Waals surface area contributed by atoms with Crippen LogP contribution < -0.4 is 14.5 Å². The second kappa shape index (κ2) is 7.43. The molecule has 0 bridgehead atoms. The van der Waals surface area contributed by atoms with Crippen LogP contribution in [0.1, 0.15) is 0 Å². The topological polar surface area (TPSA) is 76.8 Å². The summed E-state index contributed by atoms with van der Waals surface area (Å²) in [5.41, 5.74) is 0.837. The molecule has 3 rings (SSSR count). The molecular weight excluding hydrogens is 411 g/mol. The largest absolute Gasteiger partial charge is 0.484 e. The number of fused-ring (bicyclic) bond motifs is 1. The van der Waals surface area contributed by atoms with E-state index in [0.717, 1.165) is 10.6 Å². The van der Waals surface area contributed by atoms with Crippen LogP contribution in [0.3, 0.4) is 0 Å². The van der Waals surface area contributed by atoms with Crippen LogP contribution in [-0.2, 0) is 10.0 Å². The van der Waals surface area contributed by atoms with Gasteiger partial charge in [0.15, 0.2) is 12.0 Å². The number of hydrogen-bond donors (Lipinski definition) is 0. The number of rotatable bonds is 5. The molecule has 0 N–H and O–H groups in total.